The van der Waals surface area contributed by atoms with Gasteiger partial charge < -0.3 is 0 Å². The first-order chi connectivity index (χ1) is 8.47. The molecule has 1 aromatic carbocycles. The molecular formula is C14H15BrN2S. The Labute approximate surface area is 120 Å². The molecule has 1 heterocycles. The molecule has 0 amide bonds. The zero-order chi connectivity index (χ0) is 13.2. The molecule has 2 rings (SSSR count). The quantitative estimate of drug-likeness (QED) is 0.750. The summed E-state index contributed by atoms with van der Waals surface area (Å²) in [5.41, 5.74) is 1.53. The van der Waals surface area contributed by atoms with Crippen LogP contribution in [0.5, 0.6) is 0 Å². The summed E-state index contributed by atoms with van der Waals surface area (Å²) in [5, 5.41) is 0.938. The predicted molar refractivity (Wildman–Crippen MR) is 79.0 cm³/mol. The highest BCUT2D eigenvalue weighted by Gasteiger charge is 2.13. The summed E-state index contributed by atoms with van der Waals surface area (Å²) in [4.78, 5) is 9.39. The van der Waals surface area contributed by atoms with Gasteiger partial charge in [-0.2, -0.15) is 0 Å². The lowest BCUT2D eigenvalue weighted by molar-refractivity contribution is 0.590. The second-order valence-corrected chi connectivity index (χ2v) is 6.97. The maximum atomic E-state index is 4.25. The van der Waals surface area contributed by atoms with Crippen molar-refractivity contribution < 1.29 is 0 Å². The van der Waals surface area contributed by atoms with E-state index in [9.17, 15) is 0 Å². The molecule has 2 aromatic rings. The summed E-state index contributed by atoms with van der Waals surface area (Å²) in [6.07, 6.45) is 3.33. The van der Waals surface area contributed by atoms with Crippen LogP contribution in [-0.4, -0.2) is 9.97 Å². The Kier molecular flexibility index (Phi) is 4.07. The van der Waals surface area contributed by atoms with Crippen molar-refractivity contribution >= 4 is 27.7 Å². The van der Waals surface area contributed by atoms with Gasteiger partial charge in [0, 0.05) is 11.1 Å². The van der Waals surface area contributed by atoms with E-state index in [0.29, 0.717) is 0 Å². The van der Waals surface area contributed by atoms with Gasteiger partial charge in [0.2, 0.25) is 0 Å². The van der Waals surface area contributed by atoms with E-state index in [0.717, 1.165) is 9.50 Å². The molecule has 0 saturated heterocycles. The van der Waals surface area contributed by atoms with Gasteiger partial charge in [0.05, 0.1) is 4.47 Å². The van der Waals surface area contributed by atoms with Gasteiger partial charge in [0.25, 0.3) is 0 Å². The third-order valence-corrected chi connectivity index (χ3v) is 4.44. The van der Waals surface area contributed by atoms with E-state index in [1.54, 1.807) is 24.3 Å². The highest BCUT2D eigenvalue weighted by Crippen LogP contribution is 2.32. The Morgan fingerprint density at radius 2 is 1.78 bits per heavy atom. The number of rotatable bonds is 2. The maximum Gasteiger partial charge on any atom is 0.118 e. The van der Waals surface area contributed by atoms with Gasteiger partial charge in [0.15, 0.2) is 0 Å². The summed E-state index contributed by atoms with van der Waals surface area (Å²) in [7, 11) is 0. The monoisotopic (exact) mass is 322 g/mol. The summed E-state index contributed by atoms with van der Waals surface area (Å²) in [6, 6.07) is 8.63. The van der Waals surface area contributed by atoms with Gasteiger partial charge in [-0.1, -0.05) is 44.7 Å². The van der Waals surface area contributed by atoms with Crippen LogP contribution in [-0.2, 0) is 5.41 Å². The fourth-order valence-corrected chi connectivity index (χ4v) is 2.72. The van der Waals surface area contributed by atoms with Crippen LogP contribution in [0.4, 0.5) is 0 Å². The first-order valence-corrected chi connectivity index (χ1v) is 7.31. The molecule has 0 bridgehead atoms. The predicted octanol–water partition coefficient (Wildman–Crippen LogP) is 4.69. The van der Waals surface area contributed by atoms with Gasteiger partial charge in [-0.25, -0.2) is 9.97 Å². The van der Waals surface area contributed by atoms with Gasteiger partial charge in [-0.05, 0) is 39.0 Å². The molecule has 0 radical (unpaired) electrons. The Morgan fingerprint density at radius 3 is 2.33 bits per heavy atom. The maximum absolute atomic E-state index is 4.25. The minimum Gasteiger partial charge on any atom is -0.244 e. The number of halogens is 1. The van der Waals surface area contributed by atoms with Crippen molar-refractivity contribution in [2.24, 2.45) is 0 Å². The molecule has 0 saturated carbocycles. The standard InChI is InChI=1S/C14H15BrN2S/c1-14(2,3)10-4-6-11(7-5-10)18-13-12(15)8-16-9-17-13/h4-9H,1-3H3. The lowest BCUT2D eigenvalue weighted by Crippen LogP contribution is -2.10. The highest BCUT2D eigenvalue weighted by atomic mass is 79.9. The summed E-state index contributed by atoms with van der Waals surface area (Å²) >= 11 is 5.09. The van der Waals surface area contributed by atoms with Crippen LogP contribution in [0.2, 0.25) is 0 Å². The van der Waals surface area contributed by atoms with Crippen molar-refractivity contribution in [3.63, 3.8) is 0 Å². The zero-order valence-electron chi connectivity index (χ0n) is 10.6. The Bertz CT molecular complexity index is 532. The van der Waals surface area contributed by atoms with E-state index in [2.05, 4.69) is 70.9 Å². The molecule has 0 N–H and O–H groups in total. The van der Waals surface area contributed by atoms with Crippen molar-refractivity contribution in [3.8, 4) is 0 Å². The smallest absolute Gasteiger partial charge is 0.118 e. The van der Waals surface area contributed by atoms with E-state index in [1.807, 2.05) is 0 Å². The van der Waals surface area contributed by atoms with Crippen LogP contribution in [0.1, 0.15) is 26.3 Å². The molecule has 0 unspecified atom stereocenters. The molecule has 2 nitrogen and oxygen atoms in total. The molecule has 0 aliphatic carbocycles. The van der Waals surface area contributed by atoms with Gasteiger partial charge in [-0.15, -0.1) is 0 Å². The Balaban J connectivity index is 2.19. The van der Waals surface area contributed by atoms with E-state index < -0.39 is 0 Å². The first-order valence-electron chi connectivity index (χ1n) is 5.71. The third kappa shape index (κ3) is 3.33. The molecule has 0 aliphatic heterocycles. The average Bonchev–Trinajstić information content (AvgIpc) is 2.32. The SMILES string of the molecule is CC(C)(C)c1ccc(Sc2ncncc2Br)cc1. The van der Waals surface area contributed by atoms with Gasteiger partial charge in [-0.3, -0.25) is 0 Å². The Morgan fingerprint density at radius 1 is 1.11 bits per heavy atom. The lowest BCUT2D eigenvalue weighted by Gasteiger charge is -2.19. The number of hydrogen-bond donors (Lipinski definition) is 0. The van der Waals surface area contributed by atoms with E-state index in [-0.39, 0.29) is 5.41 Å². The third-order valence-electron chi connectivity index (χ3n) is 2.57. The number of hydrogen-bond acceptors (Lipinski definition) is 3. The number of aromatic nitrogens is 2. The molecular weight excluding hydrogens is 308 g/mol. The number of nitrogens with zero attached hydrogens (tertiary/aromatic N) is 2. The first kappa shape index (κ1) is 13.6. The van der Waals surface area contributed by atoms with Crippen molar-refractivity contribution in [1.82, 2.24) is 9.97 Å². The fraction of sp³-hybridized carbons (Fsp3) is 0.286. The molecule has 0 spiro atoms. The van der Waals surface area contributed by atoms with Crippen LogP contribution in [0.25, 0.3) is 0 Å². The molecule has 0 aliphatic rings. The van der Waals surface area contributed by atoms with E-state index in [1.165, 1.54) is 10.5 Å². The average molecular weight is 323 g/mol. The lowest BCUT2D eigenvalue weighted by atomic mass is 9.87. The van der Waals surface area contributed by atoms with E-state index in [4.69, 9.17) is 0 Å². The largest absolute Gasteiger partial charge is 0.244 e. The van der Waals surface area contributed by atoms with Gasteiger partial charge >= 0.3 is 0 Å². The van der Waals surface area contributed by atoms with Crippen LogP contribution in [0.15, 0.2) is 51.2 Å². The molecule has 0 fully saturated rings. The fourth-order valence-electron chi connectivity index (χ4n) is 1.51. The minimum absolute atomic E-state index is 0.193. The van der Waals surface area contributed by atoms with Crippen LogP contribution in [0, 0.1) is 0 Å². The topological polar surface area (TPSA) is 25.8 Å². The van der Waals surface area contributed by atoms with Crippen LogP contribution < -0.4 is 0 Å². The van der Waals surface area contributed by atoms with Crippen LogP contribution in [0.3, 0.4) is 0 Å². The van der Waals surface area contributed by atoms with Crippen LogP contribution >= 0.6 is 27.7 Å². The summed E-state index contributed by atoms with van der Waals surface area (Å²) in [6.45, 7) is 6.66. The highest BCUT2D eigenvalue weighted by molar-refractivity contribution is 9.10. The second-order valence-electron chi connectivity index (χ2n) is 5.05. The number of benzene rings is 1. The van der Waals surface area contributed by atoms with Crippen molar-refractivity contribution in [2.45, 2.75) is 36.1 Å². The van der Waals surface area contributed by atoms with Gasteiger partial charge in [0.1, 0.15) is 11.4 Å². The van der Waals surface area contributed by atoms with E-state index >= 15 is 0 Å². The molecule has 4 heteroatoms. The van der Waals surface area contributed by atoms with Crippen molar-refractivity contribution in [2.75, 3.05) is 0 Å². The molecule has 18 heavy (non-hydrogen) atoms. The second kappa shape index (κ2) is 5.41. The molecule has 94 valence electrons. The summed E-state index contributed by atoms with van der Waals surface area (Å²) < 4.78 is 0.926. The van der Waals surface area contributed by atoms with Crippen molar-refractivity contribution in [3.05, 3.63) is 46.8 Å². The zero-order valence-corrected chi connectivity index (χ0v) is 13.0. The van der Waals surface area contributed by atoms with Crippen molar-refractivity contribution in [1.29, 1.82) is 0 Å². The normalized spacial score (nSPS) is 11.6. The Hall–Kier alpha value is -0.870. The summed E-state index contributed by atoms with van der Waals surface area (Å²) in [5.74, 6) is 0. The minimum atomic E-state index is 0.193. The molecule has 1 aromatic heterocycles. The molecule has 0 atom stereocenters.